The van der Waals surface area contributed by atoms with Crippen LogP contribution in [0, 0.1) is 5.82 Å². The summed E-state index contributed by atoms with van der Waals surface area (Å²) in [4.78, 5) is 12.7. The second-order valence-electron chi connectivity index (χ2n) is 6.17. The third-order valence-electron chi connectivity index (χ3n) is 4.07. The molecule has 2 aromatic carbocycles. The Morgan fingerprint density at radius 2 is 1.93 bits per heavy atom. The fourth-order valence-corrected chi connectivity index (χ4v) is 3.65. The number of aromatic nitrogens is 3. The van der Waals surface area contributed by atoms with Crippen LogP contribution >= 0.6 is 23.4 Å². The van der Waals surface area contributed by atoms with Gasteiger partial charge in [0.15, 0.2) is 16.8 Å². The van der Waals surface area contributed by atoms with E-state index in [1.807, 2.05) is 11.5 Å². The van der Waals surface area contributed by atoms with Crippen molar-refractivity contribution in [1.29, 1.82) is 0 Å². The maximum absolute atomic E-state index is 13.0. The number of hydrogen-bond acceptors (Lipinski definition) is 5. The number of ketones is 1. The molecule has 5 nitrogen and oxygen atoms in total. The highest BCUT2D eigenvalue weighted by Crippen LogP contribution is 2.26. The molecule has 0 bridgehead atoms. The first-order chi connectivity index (χ1) is 14.0. The van der Waals surface area contributed by atoms with Crippen molar-refractivity contribution in [3.05, 3.63) is 83.4 Å². The highest BCUT2D eigenvalue weighted by molar-refractivity contribution is 8.00. The van der Waals surface area contributed by atoms with Crippen LogP contribution in [0.15, 0.2) is 66.3 Å². The Hall–Kier alpha value is -2.64. The van der Waals surface area contributed by atoms with Gasteiger partial charge in [0.1, 0.15) is 18.2 Å². The van der Waals surface area contributed by atoms with Crippen LogP contribution in [0.25, 0.3) is 0 Å². The lowest BCUT2D eigenvalue weighted by Gasteiger charge is -2.12. The molecule has 3 aromatic rings. The van der Waals surface area contributed by atoms with E-state index in [4.69, 9.17) is 16.3 Å². The van der Waals surface area contributed by atoms with E-state index in [2.05, 4.69) is 16.8 Å². The molecule has 0 saturated heterocycles. The van der Waals surface area contributed by atoms with Gasteiger partial charge < -0.3 is 4.74 Å². The van der Waals surface area contributed by atoms with E-state index in [9.17, 15) is 9.18 Å². The van der Waals surface area contributed by atoms with Gasteiger partial charge in [-0.25, -0.2) is 4.39 Å². The Kier molecular flexibility index (Phi) is 7.06. The second-order valence-corrected chi connectivity index (χ2v) is 7.92. The minimum Gasteiger partial charge on any atom is -0.486 e. The number of benzene rings is 2. The van der Waals surface area contributed by atoms with Gasteiger partial charge in [0, 0.05) is 17.1 Å². The largest absolute Gasteiger partial charge is 0.486 e. The Morgan fingerprint density at radius 1 is 1.24 bits per heavy atom. The minimum atomic E-state index is -0.366. The van der Waals surface area contributed by atoms with Crippen molar-refractivity contribution >= 4 is 29.1 Å². The monoisotopic (exact) mass is 431 g/mol. The molecule has 0 spiro atoms. The maximum atomic E-state index is 13.0. The molecule has 29 heavy (non-hydrogen) atoms. The summed E-state index contributed by atoms with van der Waals surface area (Å²) in [7, 11) is 0. The Labute approximate surface area is 177 Å². The topological polar surface area (TPSA) is 57.0 Å². The zero-order valence-electron chi connectivity index (χ0n) is 15.7. The molecule has 0 unspecified atom stereocenters. The van der Waals surface area contributed by atoms with E-state index in [0.29, 0.717) is 33.9 Å². The minimum absolute atomic E-state index is 0.0241. The highest BCUT2D eigenvalue weighted by Gasteiger charge is 2.21. The zero-order chi connectivity index (χ0) is 20.8. The van der Waals surface area contributed by atoms with Crippen LogP contribution < -0.4 is 4.74 Å². The van der Waals surface area contributed by atoms with E-state index < -0.39 is 0 Å². The van der Waals surface area contributed by atoms with Crippen molar-refractivity contribution in [2.45, 2.75) is 30.5 Å². The van der Waals surface area contributed by atoms with Gasteiger partial charge in [-0.1, -0.05) is 29.4 Å². The van der Waals surface area contributed by atoms with Gasteiger partial charge in [0.2, 0.25) is 0 Å². The summed E-state index contributed by atoms with van der Waals surface area (Å²) in [6.45, 7) is 6.22. The number of ether oxygens (including phenoxy) is 1. The summed E-state index contributed by atoms with van der Waals surface area (Å²) in [5, 5.41) is 9.20. The average molecular weight is 432 g/mol. The number of hydrogen-bond donors (Lipinski definition) is 0. The molecule has 8 heteroatoms. The van der Waals surface area contributed by atoms with Gasteiger partial charge in [-0.05, 0) is 55.5 Å². The number of allylic oxidation sites excluding steroid dienone is 1. The summed E-state index contributed by atoms with van der Waals surface area (Å²) in [5.41, 5.74) is 0.587. The number of rotatable bonds is 9. The van der Waals surface area contributed by atoms with Gasteiger partial charge in [-0.15, -0.1) is 16.8 Å². The molecule has 0 fully saturated rings. The highest BCUT2D eigenvalue weighted by atomic mass is 35.5. The lowest BCUT2D eigenvalue weighted by Crippen LogP contribution is -2.15. The molecule has 3 rings (SSSR count). The van der Waals surface area contributed by atoms with Crippen LogP contribution in [0.2, 0.25) is 5.02 Å². The predicted octanol–water partition coefficient (Wildman–Crippen LogP) is 5.20. The van der Waals surface area contributed by atoms with Crippen molar-refractivity contribution in [2.24, 2.45) is 0 Å². The number of carbonyl (C=O) groups excluding carboxylic acids is 1. The first kappa shape index (κ1) is 21.1. The molecule has 1 atom stereocenters. The van der Waals surface area contributed by atoms with Crippen molar-refractivity contribution in [2.75, 3.05) is 0 Å². The van der Waals surface area contributed by atoms with E-state index >= 15 is 0 Å². The summed E-state index contributed by atoms with van der Waals surface area (Å²) in [6.07, 6.45) is 1.72. The van der Waals surface area contributed by atoms with Gasteiger partial charge in [0.05, 0.1) is 5.25 Å². The zero-order valence-corrected chi connectivity index (χ0v) is 17.3. The van der Waals surface area contributed by atoms with Gasteiger partial charge >= 0.3 is 0 Å². The lowest BCUT2D eigenvalue weighted by atomic mass is 10.1. The van der Waals surface area contributed by atoms with Gasteiger partial charge in [-0.3, -0.25) is 9.36 Å². The summed E-state index contributed by atoms with van der Waals surface area (Å²) in [5.74, 6) is 0.761. The molecule has 0 N–H and O–H groups in total. The van der Waals surface area contributed by atoms with E-state index in [-0.39, 0.29) is 23.5 Å². The quantitative estimate of drug-likeness (QED) is 0.265. The van der Waals surface area contributed by atoms with Crippen LogP contribution in [0.4, 0.5) is 4.39 Å². The Bertz CT molecular complexity index is 990. The van der Waals surface area contributed by atoms with E-state index in [0.717, 1.165) is 0 Å². The van der Waals surface area contributed by atoms with Crippen LogP contribution in [0.1, 0.15) is 23.1 Å². The molecular weight excluding hydrogens is 413 g/mol. The molecule has 150 valence electrons. The van der Waals surface area contributed by atoms with Crippen molar-refractivity contribution < 1.29 is 13.9 Å². The smallest absolute Gasteiger partial charge is 0.192 e. The molecule has 0 aliphatic carbocycles. The van der Waals surface area contributed by atoms with Crippen molar-refractivity contribution in [1.82, 2.24) is 14.8 Å². The Morgan fingerprint density at radius 3 is 2.59 bits per heavy atom. The maximum Gasteiger partial charge on any atom is 0.192 e. The lowest BCUT2D eigenvalue weighted by molar-refractivity contribution is 0.0994. The average Bonchev–Trinajstić information content (AvgIpc) is 3.09. The molecule has 1 heterocycles. The van der Waals surface area contributed by atoms with Crippen LogP contribution in [0.5, 0.6) is 5.75 Å². The molecule has 0 aliphatic heterocycles. The van der Waals surface area contributed by atoms with Crippen LogP contribution in [-0.2, 0) is 13.2 Å². The first-order valence-electron chi connectivity index (χ1n) is 8.85. The SMILES string of the molecule is C=CCn1c(COc2ccc(F)cc2)nnc1S[C@@H](C)C(=O)c1ccc(Cl)cc1. The van der Waals surface area contributed by atoms with Crippen molar-refractivity contribution in [3.8, 4) is 5.75 Å². The fourth-order valence-electron chi connectivity index (χ4n) is 2.56. The van der Waals surface area contributed by atoms with Gasteiger partial charge in [-0.2, -0.15) is 0 Å². The number of nitrogens with zero attached hydrogens (tertiary/aromatic N) is 3. The molecule has 0 saturated carbocycles. The number of Topliss-reactive ketones (excluding diaryl/α,β-unsaturated/α-hetero) is 1. The molecule has 0 amide bonds. The third-order valence-corrected chi connectivity index (χ3v) is 5.40. The van der Waals surface area contributed by atoms with Gasteiger partial charge in [0.25, 0.3) is 0 Å². The fraction of sp³-hybridized carbons (Fsp3) is 0.190. The Balaban J connectivity index is 1.71. The van der Waals surface area contributed by atoms with E-state index in [1.165, 1.54) is 23.9 Å². The standard InChI is InChI=1S/C21H19ClFN3O2S/c1-3-12-26-19(13-28-18-10-8-17(23)9-11-18)24-25-21(26)29-14(2)20(27)15-4-6-16(22)7-5-15/h3-11,14H,1,12-13H2,2H3/t14-/m0/s1. The normalized spacial score (nSPS) is 11.8. The molecule has 0 aliphatic rings. The van der Waals surface area contributed by atoms with Crippen LogP contribution in [0.3, 0.4) is 0 Å². The predicted molar refractivity (Wildman–Crippen MR) is 112 cm³/mol. The summed E-state index contributed by atoms with van der Waals surface area (Å²) in [6, 6.07) is 12.5. The number of halogens is 2. The van der Waals surface area contributed by atoms with Crippen LogP contribution in [-0.4, -0.2) is 25.8 Å². The van der Waals surface area contributed by atoms with Crippen molar-refractivity contribution in [3.63, 3.8) is 0 Å². The van der Waals surface area contributed by atoms with E-state index in [1.54, 1.807) is 42.5 Å². The number of thioether (sulfide) groups is 1. The third kappa shape index (κ3) is 5.46. The molecule has 0 radical (unpaired) electrons. The molecule has 1 aromatic heterocycles. The summed E-state index contributed by atoms with van der Waals surface area (Å²) < 4.78 is 20.5. The first-order valence-corrected chi connectivity index (χ1v) is 10.1. The second kappa shape index (κ2) is 9.71. The molecular formula is C21H19ClFN3O2S. The number of carbonyl (C=O) groups is 1. The summed E-state index contributed by atoms with van der Waals surface area (Å²) >= 11 is 7.20.